The van der Waals surface area contributed by atoms with Crippen LogP contribution in [0.25, 0.3) is 0 Å². The van der Waals surface area contributed by atoms with E-state index in [2.05, 4.69) is 22.8 Å². The molecule has 0 bridgehead atoms. The number of para-hydroxylation sites is 1. The van der Waals surface area contributed by atoms with Gasteiger partial charge in [-0.1, -0.05) is 25.1 Å². The zero-order valence-electron chi connectivity index (χ0n) is 10.3. The van der Waals surface area contributed by atoms with E-state index in [1.54, 1.807) is 11.3 Å². The van der Waals surface area contributed by atoms with Gasteiger partial charge in [0.25, 0.3) is 0 Å². The van der Waals surface area contributed by atoms with Crippen LogP contribution in [0.2, 0.25) is 0 Å². The molecule has 1 heterocycles. The lowest BCUT2D eigenvalue weighted by Crippen LogP contribution is -2.01. The van der Waals surface area contributed by atoms with Crippen LogP contribution in [0.1, 0.15) is 23.2 Å². The van der Waals surface area contributed by atoms with Crippen LogP contribution in [0.15, 0.2) is 29.6 Å². The van der Waals surface area contributed by atoms with Gasteiger partial charge in [0.15, 0.2) is 0 Å². The molecule has 5 heteroatoms. The van der Waals surface area contributed by atoms with E-state index in [9.17, 15) is 0 Å². The minimum Gasteiger partial charge on any atom is -0.486 e. The lowest BCUT2D eigenvalue weighted by molar-refractivity contribution is 0.121. The fourth-order valence-electron chi connectivity index (χ4n) is 1.64. The number of nitrogens with two attached hydrogens (primary N) is 1. The Kier molecular flexibility index (Phi) is 4.69. The van der Waals surface area contributed by atoms with E-state index >= 15 is 0 Å². The van der Waals surface area contributed by atoms with E-state index in [-0.39, 0.29) is 0 Å². The summed E-state index contributed by atoms with van der Waals surface area (Å²) in [6.07, 6.45) is 0.959. The largest absolute Gasteiger partial charge is 0.486 e. The first kappa shape index (κ1) is 13.0. The summed E-state index contributed by atoms with van der Waals surface area (Å²) in [5.41, 5.74) is 2.05. The molecular weight excluding hydrogens is 248 g/mol. The Morgan fingerprint density at radius 2 is 2.11 bits per heavy atom. The molecule has 1 aromatic heterocycles. The summed E-state index contributed by atoms with van der Waals surface area (Å²) in [7, 11) is 0. The van der Waals surface area contributed by atoms with Crippen LogP contribution in [0.5, 0.6) is 5.75 Å². The Morgan fingerprint density at radius 1 is 1.28 bits per heavy atom. The number of rotatable bonds is 6. The van der Waals surface area contributed by atoms with Crippen LogP contribution < -0.4 is 10.6 Å². The standard InChI is InChI=1S/C13H16N2O2S/c1-2-10-5-3-4-6-12(10)16-8-13-15-11(7-17-14)9-18-13/h3-6,9H,2,7-8,14H2,1H3. The first-order chi connectivity index (χ1) is 8.83. The average Bonchev–Trinajstić information content (AvgIpc) is 2.85. The smallest absolute Gasteiger partial charge is 0.140 e. The van der Waals surface area contributed by atoms with Gasteiger partial charge in [-0.05, 0) is 18.1 Å². The van der Waals surface area contributed by atoms with Crippen molar-refractivity contribution < 1.29 is 9.57 Å². The third kappa shape index (κ3) is 3.29. The molecule has 4 nitrogen and oxygen atoms in total. The van der Waals surface area contributed by atoms with Crippen LogP contribution in [-0.2, 0) is 24.5 Å². The van der Waals surface area contributed by atoms with Gasteiger partial charge in [0.05, 0.1) is 5.69 Å². The SMILES string of the molecule is CCc1ccccc1OCc1nc(CON)cs1. The zero-order valence-corrected chi connectivity index (χ0v) is 11.1. The van der Waals surface area contributed by atoms with Gasteiger partial charge in [-0.15, -0.1) is 11.3 Å². The van der Waals surface area contributed by atoms with Crippen molar-refractivity contribution in [3.05, 3.63) is 45.9 Å². The molecule has 0 fully saturated rings. The molecule has 0 spiro atoms. The third-order valence-electron chi connectivity index (χ3n) is 2.54. The fraction of sp³-hybridized carbons (Fsp3) is 0.308. The molecule has 2 aromatic rings. The van der Waals surface area contributed by atoms with E-state index in [1.807, 2.05) is 23.6 Å². The summed E-state index contributed by atoms with van der Waals surface area (Å²) in [6.45, 7) is 2.93. The second kappa shape index (κ2) is 6.49. The molecule has 0 radical (unpaired) electrons. The molecule has 0 aliphatic heterocycles. The number of nitrogens with zero attached hydrogens (tertiary/aromatic N) is 1. The summed E-state index contributed by atoms with van der Waals surface area (Å²) < 4.78 is 5.78. The summed E-state index contributed by atoms with van der Waals surface area (Å²) in [5.74, 6) is 5.93. The highest BCUT2D eigenvalue weighted by atomic mass is 32.1. The Hall–Kier alpha value is -1.43. The predicted molar refractivity (Wildman–Crippen MR) is 71.2 cm³/mol. The summed E-state index contributed by atoms with van der Waals surface area (Å²) >= 11 is 1.55. The first-order valence-corrected chi connectivity index (χ1v) is 6.67. The Labute approximate surface area is 110 Å². The number of ether oxygens (including phenoxy) is 1. The molecule has 0 unspecified atom stereocenters. The highest BCUT2D eigenvalue weighted by Crippen LogP contribution is 2.20. The Morgan fingerprint density at radius 3 is 2.89 bits per heavy atom. The number of aryl methyl sites for hydroxylation is 1. The average molecular weight is 264 g/mol. The topological polar surface area (TPSA) is 57.4 Å². The quantitative estimate of drug-likeness (QED) is 0.815. The molecule has 0 aliphatic carbocycles. The summed E-state index contributed by atoms with van der Waals surface area (Å²) in [6, 6.07) is 8.05. The molecule has 18 heavy (non-hydrogen) atoms. The van der Waals surface area contributed by atoms with Crippen molar-refractivity contribution in [3.63, 3.8) is 0 Å². The number of thiazole rings is 1. The van der Waals surface area contributed by atoms with Crippen molar-refractivity contribution in [1.82, 2.24) is 4.98 Å². The number of aromatic nitrogens is 1. The molecule has 0 saturated heterocycles. The minimum absolute atomic E-state index is 0.335. The number of benzene rings is 1. The first-order valence-electron chi connectivity index (χ1n) is 5.79. The van der Waals surface area contributed by atoms with Crippen LogP contribution in [0, 0.1) is 0 Å². The van der Waals surface area contributed by atoms with Gasteiger partial charge in [0.2, 0.25) is 0 Å². The number of hydrogen-bond acceptors (Lipinski definition) is 5. The van der Waals surface area contributed by atoms with E-state index in [1.165, 1.54) is 5.56 Å². The van der Waals surface area contributed by atoms with Crippen molar-refractivity contribution >= 4 is 11.3 Å². The normalized spacial score (nSPS) is 10.6. The second-order valence-electron chi connectivity index (χ2n) is 3.79. The summed E-state index contributed by atoms with van der Waals surface area (Å²) in [5, 5.41) is 2.85. The van der Waals surface area contributed by atoms with E-state index in [0.29, 0.717) is 13.2 Å². The third-order valence-corrected chi connectivity index (χ3v) is 3.41. The Balaban J connectivity index is 1.97. The lowest BCUT2D eigenvalue weighted by Gasteiger charge is -2.08. The van der Waals surface area contributed by atoms with Gasteiger partial charge in [-0.25, -0.2) is 10.9 Å². The van der Waals surface area contributed by atoms with Crippen molar-refractivity contribution in [2.45, 2.75) is 26.6 Å². The minimum atomic E-state index is 0.335. The molecule has 2 N–H and O–H groups in total. The van der Waals surface area contributed by atoms with Gasteiger partial charge in [-0.3, -0.25) is 4.84 Å². The van der Waals surface area contributed by atoms with Crippen LogP contribution in [-0.4, -0.2) is 4.98 Å². The molecule has 0 amide bonds. The van der Waals surface area contributed by atoms with Crippen LogP contribution in [0.3, 0.4) is 0 Å². The van der Waals surface area contributed by atoms with Crippen molar-refractivity contribution in [3.8, 4) is 5.75 Å². The summed E-state index contributed by atoms with van der Waals surface area (Å²) in [4.78, 5) is 8.90. The van der Waals surface area contributed by atoms with Crippen LogP contribution in [0.4, 0.5) is 0 Å². The lowest BCUT2D eigenvalue weighted by atomic mass is 10.1. The maximum absolute atomic E-state index is 5.78. The highest BCUT2D eigenvalue weighted by Gasteiger charge is 2.05. The highest BCUT2D eigenvalue weighted by molar-refractivity contribution is 7.09. The molecular formula is C13H16N2O2S. The fourth-order valence-corrected chi connectivity index (χ4v) is 2.33. The Bertz CT molecular complexity index is 499. The van der Waals surface area contributed by atoms with E-state index in [0.717, 1.165) is 22.9 Å². The van der Waals surface area contributed by atoms with Crippen molar-refractivity contribution in [1.29, 1.82) is 0 Å². The molecule has 0 aliphatic rings. The predicted octanol–water partition coefficient (Wildman–Crippen LogP) is 2.67. The van der Waals surface area contributed by atoms with Gasteiger partial charge >= 0.3 is 0 Å². The maximum Gasteiger partial charge on any atom is 0.140 e. The number of hydrogen-bond donors (Lipinski definition) is 1. The van der Waals surface area contributed by atoms with E-state index < -0.39 is 0 Å². The van der Waals surface area contributed by atoms with Crippen molar-refractivity contribution in [2.75, 3.05) is 0 Å². The van der Waals surface area contributed by atoms with Crippen molar-refractivity contribution in [2.24, 2.45) is 5.90 Å². The molecule has 1 aromatic carbocycles. The molecule has 0 saturated carbocycles. The van der Waals surface area contributed by atoms with Gasteiger partial charge in [0.1, 0.15) is 24.0 Å². The molecule has 0 atom stereocenters. The van der Waals surface area contributed by atoms with Gasteiger partial charge < -0.3 is 4.74 Å². The van der Waals surface area contributed by atoms with Gasteiger partial charge in [-0.2, -0.15) is 0 Å². The second-order valence-corrected chi connectivity index (χ2v) is 4.74. The maximum atomic E-state index is 5.78. The molecule has 96 valence electrons. The van der Waals surface area contributed by atoms with E-state index in [4.69, 9.17) is 10.6 Å². The van der Waals surface area contributed by atoms with Crippen LogP contribution >= 0.6 is 11.3 Å². The monoisotopic (exact) mass is 264 g/mol. The molecule has 2 rings (SSSR count). The zero-order chi connectivity index (χ0) is 12.8. The van der Waals surface area contributed by atoms with Gasteiger partial charge in [0, 0.05) is 5.38 Å².